The largest absolute Gasteiger partial charge is 0.490 e. The summed E-state index contributed by atoms with van der Waals surface area (Å²) in [6.45, 7) is 8.49. The van der Waals surface area contributed by atoms with Crippen LogP contribution in [0, 0.1) is 11.8 Å². The summed E-state index contributed by atoms with van der Waals surface area (Å²) in [5.74, 6) is -1.25. The number of ether oxygens (including phenoxy) is 1. The van der Waals surface area contributed by atoms with E-state index >= 15 is 0 Å². The number of imide groups is 1. The molecule has 2 atom stereocenters. The highest BCUT2D eigenvalue weighted by atomic mass is 16.5. The third-order valence-corrected chi connectivity index (χ3v) is 4.11. The van der Waals surface area contributed by atoms with Crippen molar-refractivity contribution < 1.29 is 19.5 Å². The van der Waals surface area contributed by atoms with Gasteiger partial charge >= 0.3 is 0 Å². The van der Waals surface area contributed by atoms with Crippen LogP contribution in [0.3, 0.4) is 0 Å². The van der Waals surface area contributed by atoms with E-state index in [0.29, 0.717) is 18.8 Å². The van der Waals surface area contributed by atoms with Gasteiger partial charge in [-0.05, 0) is 50.0 Å². The molecule has 1 N–H and O–H groups in total. The van der Waals surface area contributed by atoms with Crippen LogP contribution in [0.15, 0.2) is 35.9 Å². The summed E-state index contributed by atoms with van der Waals surface area (Å²) in [7, 11) is 0. The SMILES string of the molecule is CC(C)=CCOc1ccc(C2C(=O)N(O)C(=O)[C@@H]2CC(C)C)cc1. The summed E-state index contributed by atoms with van der Waals surface area (Å²) in [6, 6.07) is 7.16. The van der Waals surface area contributed by atoms with Crippen LogP contribution in [0.25, 0.3) is 0 Å². The van der Waals surface area contributed by atoms with Gasteiger partial charge in [0.05, 0.1) is 11.8 Å². The number of rotatable bonds is 6. The minimum atomic E-state index is -0.628. The molecule has 0 aliphatic carbocycles. The Kier molecular flexibility index (Phi) is 5.78. The lowest BCUT2D eigenvalue weighted by molar-refractivity contribution is -0.172. The molecule has 130 valence electrons. The quantitative estimate of drug-likeness (QED) is 0.492. The van der Waals surface area contributed by atoms with Crippen molar-refractivity contribution in [2.24, 2.45) is 11.8 Å². The maximum absolute atomic E-state index is 12.3. The van der Waals surface area contributed by atoms with E-state index in [-0.39, 0.29) is 11.0 Å². The maximum atomic E-state index is 12.3. The molecular formula is C19H25NO4. The predicted molar refractivity (Wildman–Crippen MR) is 90.7 cm³/mol. The maximum Gasteiger partial charge on any atom is 0.261 e. The fourth-order valence-electron chi connectivity index (χ4n) is 2.91. The average Bonchev–Trinajstić information content (AvgIpc) is 2.72. The topological polar surface area (TPSA) is 66.8 Å². The number of amides is 2. The monoisotopic (exact) mass is 331 g/mol. The molecule has 1 unspecified atom stereocenters. The predicted octanol–water partition coefficient (Wildman–Crippen LogP) is 3.54. The normalized spacial score (nSPS) is 20.7. The fourth-order valence-corrected chi connectivity index (χ4v) is 2.91. The molecule has 0 aromatic heterocycles. The van der Waals surface area contributed by atoms with E-state index in [1.165, 1.54) is 5.57 Å². The van der Waals surface area contributed by atoms with E-state index in [9.17, 15) is 14.8 Å². The fraction of sp³-hybridized carbons (Fsp3) is 0.474. The third-order valence-electron chi connectivity index (χ3n) is 4.11. The second kappa shape index (κ2) is 7.62. The first-order valence-electron chi connectivity index (χ1n) is 8.24. The Balaban J connectivity index is 2.17. The Morgan fingerprint density at radius 1 is 1.21 bits per heavy atom. The van der Waals surface area contributed by atoms with E-state index in [4.69, 9.17) is 4.74 Å². The molecule has 24 heavy (non-hydrogen) atoms. The first-order chi connectivity index (χ1) is 11.3. The standard InChI is InChI=1S/C19H25NO4/c1-12(2)9-10-24-15-7-5-14(6-8-15)17-16(11-13(3)4)18(21)20(23)19(17)22/h5-9,13,16-17,23H,10-11H2,1-4H3/t16-,17?/m1/s1. The molecule has 5 heteroatoms. The number of hydrogen-bond donors (Lipinski definition) is 1. The summed E-state index contributed by atoms with van der Waals surface area (Å²) in [6.07, 6.45) is 2.54. The number of benzene rings is 1. The summed E-state index contributed by atoms with van der Waals surface area (Å²) in [5.41, 5.74) is 1.91. The van der Waals surface area contributed by atoms with Gasteiger partial charge in [0.2, 0.25) is 0 Å². The van der Waals surface area contributed by atoms with Crippen molar-refractivity contribution in [3.8, 4) is 5.75 Å². The van der Waals surface area contributed by atoms with Crippen molar-refractivity contribution in [3.63, 3.8) is 0 Å². The Labute approximate surface area is 142 Å². The van der Waals surface area contributed by atoms with Gasteiger partial charge < -0.3 is 4.74 Å². The summed E-state index contributed by atoms with van der Waals surface area (Å²) in [4.78, 5) is 24.4. The van der Waals surface area contributed by atoms with E-state index in [1.807, 2.05) is 33.8 Å². The van der Waals surface area contributed by atoms with Crippen LogP contribution < -0.4 is 4.74 Å². The summed E-state index contributed by atoms with van der Waals surface area (Å²) < 4.78 is 5.61. The average molecular weight is 331 g/mol. The zero-order chi connectivity index (χ0) is 17.9. The highest BCUT2D eigenvalue weighted by Crippen LogP contribution is 2.38. The molecule has 1 aromatic carbocycles. The number of nitrogens with zero attached hydrogens (tertiary/aromatic N) is 1. The Morgan fingerprint density at radius 3 is 2.38 bits per heavy atom. The smallest absolute Gasteiger partial charge is 0.261 e. The van der Waals surface area contributed by atoms with Gasteiger partial charge in [0, 0.05) is 0 Å². The van der Waals surface area contributed by atoms with Gasteiger partial charge in [-0.2, -0.15) is 5.06 Å². The van der Waals surface area contributed by atoms with E-state index < -0.39 is 23.7 Å². The number of carbonyl (C=O) groups excluding carboxylic acids is 2. The number of hydroxylamine groups is 2. The molecule has 5 nitrogen and oxygen atoms in total. The zero-order valence-electron chi connectivity index (χ0n) is 14.7. The molecule has 1 fully saturated rings. The van der Waals surface area contributed by atoms with Gasteiger partial charge in [0.1, 0.15) is 12.4 Å². The van der Waals surface area contributed by atoms with Crippen molar-refractivity contribution in [1.29, 1.82) is 0 Å². The summed E-state index contributed by atoms with van der Waals surface area (Å²) >= 11 is 0. The molecule has 1 aliphatic heterocycles. The molecular weight excluding hydrogens is 306 g/mol. The zero-order valence-corrected chi connectivity index (χ0v) is 14.7. The third kappa shape index (κ3) is 4.03. The minimum Gasteiger partial charge on any atom is -0.490 e. The number of allylic oxidation sites excluding steroid dienone is 1. The van der Waals surface area contributed by atoms with Crippen LogP contribution in [0.5, 0.6) is 5.75 Å². The van der Waals surface area contributed by atoms with Crippen LogP contribution in [0.1, 0.15) is 45.6 Å². The van der Waals surface area contributed by atoms with Crippen molar-refractivity contribution in [1.82, 2.24) is 5.06 Å². The van der Waals surface area contributed by atoms with Crippen molar-refractivity contribution in [2.45, 2.75) is 40.0 Å². The lowest BCUT2D eigenvalue weighted by Gasteiger charge is -2.17. The Bertz CT molecular complexity index is 629. The van der Waals surface area contributed by atoms with E-state index in [2.05, 4.69) is 0 Å². The van der Waals surface area contributed by atoms with Gasteiger partial charge in [-0.1, -0.05) is 31.6 Å². The minimum absolute atomic E-state index is 0.257. The first kappa shape index (κ1) is 18.2. The van der Waals surface area contributed by atoms with Gasteiger partial charge in [-0.25, -0.2) is 0 Å². The molecule has 1 saturated heterocycles. The van der Waals surface area contributed by atoms with E-state index in [0.717, 1.165) is 5.56 Å². The van der Waals surface area contributed by atoms with E-state index in [1.54, 1.807) is 24.3 Å². The second-order valence-corrected chi connectivity index (χ2v) is 6.86. The second-order valence-electron chi connectivity index (χ2n) is 6.86. The molecule has 1 heterocycles. The number of hydrogen-bond acceptors (Lipinski definition) is 4. The van der Waals surface area contributed by atoms with Crippen molar-refractivity contribution >= 4 is 11.8 Å². The molecule has 1 aliphatic rings. The molecule has 0 bridgehead atoms. The first-order valence-corrected chi connectivity index (χ1v) is 8.24. The molecule has 1 aromatic rings. The molecule has 0 spiro atoms. The van der Waals surface area contributed by atoms with Crippen LogP contribution >= 0.6 is 0 Å². The highest BCUT2D eigenvalue weighted by Gasteiger charge is 2.48. The van der Waals surface area contributed by atoms with Crippen LogP contribution in [-0.4, -0.2) is 28.7 Å². The van der Waals surface area contributed by atoms with Crippen molar-refractivity contribution in [2.75, 3.05) is 6.61 Å². The van der Waals surface area contributed by atoms with Gasteiger partial charge in [-0.15, -0.1) is 0 Å². The molecule has 2 amide bonds. The van der Waals surface area contributed by atoms with Gasteiger partial charge in [0.15, 0.2) is 0 Å². The molecule has 0 saturated carbocycles. The summed E-state index contributed by atoms with van der Waals surface area (Å²) in [5, 5.41) is 9.98. The lowest BCUT2D eigenvalue weighted by atomic mass is 9.83. The highest BCUT2D eigenvalue weighted by molar-refractivity contribution is 6.06. The van der Waals surface area contributed by atoms with Crippen LogP contribution in [-0.2, 0) is 9.59 Å². The Hall–Kier alpha value is -2.14. The van der Waals surface area contributed by atoms with Gasteiger partial charge in [0.25, 0.3) is 11.8 Å². The molecule has 2 rings (SSSR count). The lowest BCUT2D eigenvalue weighted by Crippen LogP contribution is -2.27. The van der Waals surface area contributed by atoms with Crippen molar-refractivity contribution in [3.05, 3.63) is 41.5 Å². The van der Waals surface area contributed by atoms with Gasteiger partial charge in [-0.3, -0.25) is 14.8 Å². The van der Waals surface area contributed by atoms with Crippen LogP contribution in [0.2, 0.25) is 0 Å². The number of carbonyl (C=O) groups is 2. The Morgan fingerprint density at radius 2 is 1.83 bits per heavy atom. The molecule has 0 radical (unpaired) electrons. The van der Waals surface area contributed by atoms with Crippen LogP contribution in [0.4, 0.5) is 0 Å².